The number of aromatic nitrogens is 1. The normalized spacial score (nSPS) is 20.3. The lowest BCUT2D eigenvalue weighted by Crippen LogP contribution is -2.34. The highest BCUT2D eigenvalue weighted by molar-refractivity contribution is 5.82. The van der Waals surface area contributed by atoms with Crippen molar-refractivity contribution in [2.45, 2.75) is 45.1 Å². The van der Waals surface area contributed by atoms with Gasteiger partial charge in [-0.3, -0.25) is 9.78 Å². The molecule has 1 unspecified atom stereocenters. The summed E-state index contributed by atoms with van der Waals surface area (Å²) in [6.45, 7) is 2.62. The van der Waals surface area contributed by atoms with E-state index >= 15 is 0 Å². The van der Waals surface area contributed by atoms with Crippen LogP contribution in [-0.4, -0.2) is 10.9 Å². The van der Waals surface area contributed by atoms with Crippen molar-refractivity contribution in [3.8, 4) is 0 Å². The largest absolute Gasteiger partial charge is 0.352 e. The van der Waals surface area contributed by atoms with Gasteiger partial charge in [-0.1, -0.05) is 37.3 Å². The molecule has 1 aliphatic carbocycles. The van der Waals surface area contributed by atoms with Crippen LogP contribution >= 0.6 is 0 Å². The maximum Gasteiger partial charge on any atom is 0.223 e. The Labute approximate surface area is 171 Å². The van der Waals surface area contributed by atoms with Gasteiger partial charge in [0.05, 0.1) is 5.52 Å². The highest BCUT2D eigenvalue weighted by Gasteiger charge is 2.30. The summed E-state index contributed by atoms with van der Waals surface area (Å²) in [5, 5.41) is 4.00. The third-order valence-corrected chi connectivity index (χ3v) is 6.38. The third kappa shape index (κ3) is 4.47. The molecule has 1 heterocycles. The number of hydrogen-bond donors (Lipinski definition) is 1. The van der Waals surface area contributed by atoms with Crippen molar-refractivity contribution >= 4 is 16.8 Å². The van der Waals surface area contributed by atoms with Crippen LogP contribution in [0.3, 0.4) is 0 Å². The molecule has 1 aromatic heterocycles. The fraction of sp³-hybridized carbons (Fsp3) is 0.360. The van der Waals surface area contributed by atoms with Gasteiger partial charge >= 0.3 is 0 Å². The molecule has 0 aliphatic heterocycles. The predicted octanol–water partition coefficient (Wildman–Crippen LogP) is 5.60. The van der Waals surface area contributed by atoms with E-state index in [4.69, 9.17) is 0 Å². The Kier molecular flexibility index (Phi) is 5.89. The summed E-state index contributed by atoms with van der Waals surface area (Å²) in [4.78, 5) is 17.0. The molecule has 1 atom stereocenters. The van der Waals surface area contributed by atoms with E-state index in [0.717, 1.165) is 42.1 Å². The number of benzene rings is 2. The molecule has 0 saturated heterocycles. The monoisotopic (exact) mass is 390 g/mol. The summed E-state index contributed by atoms with van der Waals surface area (Å²) < 4.78 is 13.8. The molecule has 4 heteroatoms. The van der Waals surface area contributed by atoms with Crippen LogP contribution in [0.25, 0.3) is 10.9 Å². The quantitative estimate of drug-likeness (QED) is 0.616. The Hall–Kier alpha value is -2.75. The van der Waals surface area contributed by atoms with Crippen LogP contribution in [0, 0.1) is 17.7 Å². The second-order valence-electron chi connectivity index (χ2n) is 8.17. The fourth-order valence-electron chi connectivity index (χ4n) is 4.59. The topological polar surface area (TPSA) is 42.0 Å². The summed E-state index contributed by atoms with van der Waals surface area (Å²) >= 11 is 0. The number of rotatable bonds is 5. The Morgan fingerprint density at radius 2 is 1.86 bits per heavy atom. The Bertz CT molecular complexity index is 981. The third-order valence-electron chi connectivity index (χ3n) is 6.38. The van der Waals surface area contributed by atoms with Crippen molar-refractivity contribution in [3.05, 3.63) is 77.7 Å². The van der Waals surface area contributed by atoms with Crippen LogP contribution in [0.15, 0.2) is 60.8 Å². The van der Waals surface area contributed by atoms with E-state index in [-0.39, 0.29) is 17.6 Å². The number of nitrogens with zero attached hydrogens (tertiary/aromatic N) is 1. The minimum Gasteiger partial charge on any atom is -0.352 e. The van der Waals surface area contributed by atoms with Gasteiger partial charge in [-0.25, -0.2) is 4.39 Å². The average Bonchev–Trinajstić information content (AvgIpc) is 2.77. The van der Waals surface area contributed by atoms with Gasteiger partial charge < -0.3 is 5.32 Å². The zero-order valence-electron chi connectivity index (χ0n) is 16.8. The lowest BCUT2D eigenvalue weighted by Gasteiger charge is -2.32. The minimum absolute atomic E-state index is 0.00582. The summed E-state index contributed by atoms with van der Waals surface area (Å²) in [7, 11) is 0. The number of halogens is 1. The Balaban J connectivity index is 1.37. The van der Waals surface area contributed by atoms with Gasteiger partial charge in [0.1, 0.15) is 5.82 Å². The Morgan fingerprint density at radius 3 is 2.62 bits per heavy atom. The van der Waals surface area contributed by atoms with E-state index in [0.29, 0.717) is 18.4 Å². The van der Waals surface area contributed by atoms with Gasteiger partial charge in [0.15, 0.2) is 0 Å². The highest BCUT2D eigenvalue weighted by atomic mass is 19.1. The average molecular weight is 391 g/mol. The van der Waals surface area contributed by atoms with Gasteiger partial charge in [-0.05, 0) is 72.9 Å². The summed E-state index contributed by atoms with van der Waals surface area (Å²) in [6, 6.07) is 16.8. The molecule has 1 fully saturated rings. The molecule has 1 N–H and O–H groups in total. The molecule has 150 valence electrons. The van der Waals surface area contributed by atoms with Gasteiger partial charge in [0, 0.05) is 24.0 Å². The van der Waals surface area contributed by atoms with Crippen LogP contribution in [-0.2, 0) is 11.3 Å². The van der Waals surface area contributed by atoms with Crippen molar-refractivity contribution in [1.29, 1.82) is 0 Å². The zero-order valence-corrected chi connectivity index (χ0v) is 16.8. The first-order valence-electron chi connectivity index (χ1n) is 10.5. The smallest absolute Gasteiger partial charge is 0.223 e. The van der Waals surface area contributed by atoms with Crippen LogP contribution in [0.5, 0.6) is 0 Å². The lowest BCUT2D eigenvalue weighted by molar-refractivity contribution is -0.126. The van der Waals surface area contributed by atoms with Crippen LogP contribution in [0.4, 0.5) is 4.39 Å². The maximum absolute atomic E-state index is 13.8. The molecule has 1 amide bonds. The Morgan fingerprint density at radius 1 is 1.10 bits per heavy atom. The molecule has 29 heavy (non-hydrogen) atoms. The summed E-state index contributed by atoms with van der Waals surface area (Å²) in [5.41, 5.74) is 3.15. The molecule has 0 bridgehead atoms. The number of nitrogens with one attached hydrogen (secondary N) is 1. The van der Waals surface area contributed by atoms with Gasteiger partial charge in [-0.2, -0.15) is 0 Å². The van der Waals surface area contributed by atoms with Crippen LogP contribution in [0.1, 0.15) is 49.7 Å². The highest BCUT2D eigenvalue weighted by Crippen LogP contribution is 2.40. The summed E-state index contributed by atoms with van der Waals surface area (Å²) in [6.07, 6.45) is 5.90. The first kappa shape index (κ1) is 19.6. The maximum atomic E-state index is 13.8. The van der Waals surface area contributed by atoms with E-state index in [9.17, 15) is 9.18 Å². The molecular formula is C25H27FN2O. The first-order valence-corrected chi connectivity index (χ1v) is 10.5. The van der Waals surface area contributed by atoms with Crippen LogP contribution in [0.2, 0.25) is 0 Å². The number of carbonyl (C=O) groups excluding carboxylic acids is 1. The van der Waals surface area contributed by atoms with E-state index in [1.807, 2.05) is 49.5 Å². The van der Waals surface area contributed by atoms with E-state index in [2.05, 4.69) is 10.3 Å². The number of amides is 1. The number of fused-ring (bicyclic) bond motifs is 1. The second kappa shape index (κ2) is 8.73. The van der Waals surface area contributed by atoms with E-state index < -0.39 is 0 Å². The van der Waals surface area contributed by atoms with Crippen molar-refractivity contribution in [3.63, 3.8) is 0 Å². The van der Waals surface area contributed by atoms with Gasteiger partial charge in [0.2, 0.25) is 5.91 Å². The van der Waals surface area contributed by atoms with Crippen LogP contribution < -0.4 is 5.32 Å². The SMILES string of the molecule is CC(C(=O)NCc1ccccc1)C1CCC(c2ccnc3ccc(F)cc23)CC1. The van der Waals surface area contributed by atoms with Crippen molar-refractivity contribution < 1.29 is 9.18 Å². The summed E-state index contributed by atoms with van der Waals surface area (Å²) in [5.74, 6) is 0.717. The first-order chi connectivity index (χ1) is 14.1. The lowest BCUT2D eigenvalue weighted by atomic mass is 9.73. The van der Waals surface area contributed by atoms with Crippen molar-refractivity contribution in [1.82, 2.24) is 10.3 Å². The van der Waals surface area contributed by atoms with E-state index in [1.165, 1.54) is 11.6 Å². The molecule has 0 radical (unpaired) electrons. The van der Waals surface area contributed by atoms with Gasteiger partial charge in [-0.15, -0.1) is 0 Å². The van der Waals surface area contributed by atoms with Gasteiger partial charge in [0.25, 0.3) is 0 Å². The minimum atomic E-state index is -0.218. The number of pyridine rings is 1. The number of carbonyl (C=O) groups is 1. The number of hydrogen-bond acceptors (Lipinski definition) is 2. The molecule has 2 aromatic carbocycles. The molecule has 4 rings (SSSR count). The molecule has 3 nitrogen and oxygen atoms in total. The van der Waals surface area contributed by atoms with Crippen molar-refractivity contribution in [2.24, 2.45) is 11.8 Å². The molecule has 0 spiro atoms. The van der Waals surface area contributed by atoms with E-state index in [1.54, 1.807) is 12.1 Å². The second-order valence-corrected chi connectivity index (χ2v) is 8.17. The molecule has 1 aliphatic rings. The fourth-order valence-corrected chi connectivity index (χ4v) is 4.59. The van der Waals surface area contributed by atoms with Crippen molar-refractivity contribution in [2.75, 3.05) is 0 Å². The molecule has 1 saturated carbocycles. The standard InChI is InChI=1S/C25H27FN2O/c1-17(25(29)28-16-18-5-3-2-4-6-18)19-7-9-20(10-8-19)22-13-14-27-24-12-11-21(26)15-23(22)24/h2-6,11-15,17,19-20H,7-10,16H2,1H3,(H,28,29). The zero-order chi connectivity index (χ0) is 20.2. The predicted molar refractivity (Wildman–Crippen MR) is 114 cm³/mol. The molecular weight excluding hydrogens is 363 g/mol. The molecule has 3 aromatic rings.